The molecule has 4 rings (SSSR count). The van der Waals surface area contributed by atoms with Crippen LogP contribution in [0.4, 0.5) is 5.69 Å². The minimum Gasteiger partial charge on any atom is -0.370 e. The van der Waals surface area contributed by atoms with E-state index < -0.39 is 29.8 Å². The van der Waals surface area contributed by atoms with Crippen molar-refractivity contribution in [3.8, 4) is 22.5 Å². The summed E-state index contributed by atoms with van der Waals surface area (Å²) in [5.41, 5.74) is 5.69. The van der Waals surface area contributed by atoms with Crippen LogP contribution in [-0.4, -0.2) is 58.1 Å². The van der Waals surface area contributed by atoms with Crippen molar-refractivity contribution in [3.63, 3.8) is 0 Å². The largest absolute Gasteiger partial charge is 0.370 e. The highest BCUT2D eigenvalue weighted by atomic mass is 16.2. The molecule has 0 fully saturated rings. The first-order chi connectivity index (χ1) is 22.1. The molecule has 3 aromatic rings. The van der Waals surface area contributed by atoms with E-state index in [1.165, 1.54) is 6.08 Å². The second-order valence-electron chi connectivity index (χ2n) is 11.3. The zero-order valence-corrected chi connectivity index (χ0v) is 26.5. The highest BCUT2D eigenvalue weighted by Gasteiger charge is 2.29. The van der Waals surface area contributed by atoms with Crippen molar-refractivity contribution in [3.05, 3.63) is 103 Å². The van der Waals surface area contributed by atoms with Crippen LogP contribution in [0, 0.1) is 11.3 Å². The number of carbonyl (C=O) groups excluding carboxylic acids is 3. The topological polar surface area (TPSA) is 145 Å². The van der Waals surface area contributed by atoms with Gasteiger partial charge in [-0.3, -0.25) is 14.4 Å². The van der Waals surface area contributed by atoms with E-state index in [1.807, 2.05) is 63.4 Å². The number of aromatic nitrogens is 3. The summed E-state index contributed by atoms with van der Waals surface area (Å²) in [6.45, 7) is 9.30. The van der Waals surface area contributed by atoms with E-state index in [1.54, 1.807) is 42.0 Å². The molecule has 1 aliphatic rings. The molecule has 4 N–H and O–H groups in total. The number of nitrogens with one attached hydrogen (secondary N) is 4. The molecule has 1 aromatic heterocycles. The average molecular weight is 621 g/mol. The second kappa shape index (κ2) is 15.4. The van der Waals surface area contributed by atoms with E-state index in [0.717, 1.165) is 28.6 Å². The van der Waals surface area contributed by atoms with Crippen LogP contribution in [0.15, 0.2) is 97.3 Å². The lowest BCUT2D eigenvalue weighted by Crippen LogP contribution is -2.54. The monoisotopic (exact) mass is 620 g/mol. The Morgan fingerprint density at radius 3 is 2.41 bits per heavy atom. The van der Waals surface area contributed by atoms with Crippen LogP contribution in [0.1, 0.15) is 26.3 Å². The highest BCUT2D eigenvalue weighted by Crippen LogP contribution is 2.40. The molecule has 0 saturated carbocycles. The molecule has 11 heteroatoms. The maximum absolute atomic E-state index is 13.5. The van der Waals surface area contributed by atoms with Gasteiger partial charge in [0, 0.05) is 42.3 Å². The van der Waals surface area contributed by atoms with Gasteiger partial charge in [-0.25, -0.2) is 4.68 Å². The van der Waals surface area contributed by atoms with Gasteiger partial charge in [0.1, 0.15) is 24.3 Å². The van der Waals surface area contributed by atoms with Gasteiger partial charge in [-0.2, -0.15) is 0 Å². The molecule has 0 unspecified atom stereocenters. The summed E-state index contributed by atoms with van der Waals surface area (Å²) < 4.78 is 1.57. The Morgan fingerprint density at radius 1 is 0.978 bits per heavy atom. The Morgan fingerprint density at radius 2 is 1.70 bits per heavy atom. The van der Waals surface area contributed by atoms with E-state index in [9.17, 15) is 14.4 Å². The van der Waals surface area contributed by atoms with E-state index in [2.05, 4.69) is 43.8 Å². The first kappa shape index (κ1) is 33.3. The lowest BCUT2D eigenvalue weighted by Gasteiger charge is -2.27. The molecule has 3 amide bonds. The predicted octanol–water partition coefficient (Wildman–Crippen LogP) is 4.16. The maximum Gasteiger partial charge on any atom is 0.246 e. The predicted molar refractivity (Wildman–Crippen MR) is 181 cm³/mol. The van der Waals surface area contributed by atoms with Crippen LogP contribution in [0.5, 0.6) is 0 Å². The second-order valence-corrected chi connectivity index (χ2v) is 11.3. The summed E-state index contributed by atoms with van der Waals surface area (Å²) >= 11 is 0. The van der Waals surface area contributed by atoms with Crippen LogP contribution in [0.25, 0.3) is 22.5 Å². The van der Waals surface area contributed by atoms with Crippen LogP contribution >= 0.6 is 0 Å². The summed E-state index contributed by atoms with van der Waals surface area (Å²) in [5, 5.41) is 24.5. The molecule has 0 bridgehead atoms. The number of rotatable bonds is 12. The summed E-state index contributed by atoms with van der Waals surface area (Å²) in [6, 6.07) is 14.1. The van der Waals surface area contributed by atoms with Crippen molar-refractivity contribution in [2.24, 2.45) is 5.92 Å². The molecule has 11 nitrogen and oxygen atoms in total. The van der Waals surface area contributed by atoms with Gasteiger partial charge in [0.2, 0.25) is 17.7 Å². The van der Waals surface area contributed by atoms with Crippen molar-refractivity contribution in [1.29, 1.82) is 5.41 Å². The maximum atomic E-state index is 13.5. The summed E-state index contributed by atoms with van der Waals surface area (Å²) in [5.74, 6) is -1.67. The van der Waals surface area contributed by atoms with Crippen molar-refractivity contribution < 1.29 is 14.4 Å². The minimum atomic E-state index is -0.916. The Kier molecular flexibility index (Phi) is 11.2. The molecule has 46 heavy (non-hydrogen) atoms. The molecule has 0 radical (unpaired) electrons. The average Bonchev–Trinajstić information content (AvgIpc) is 3.43. The number of anilines is 1. The minimum absolute atomic E-state index is 0.167. The third kappa shape index (κ3) is 7.92. The zero-order chi connectivity index (χ0) is 33.2. The molecule has 1 aliphatic heterocycles. The van der Waals surface area contributed by atoms with Crippen LogP contribution in [-0.2, 0) is 27.5 Å². The number of carbonyl (C=O) groups is 3. The summed E-state index contributed by atoms with van der Waals surface area (Å²) in [4.78, 5) is 41.8. The number of nitrogens with zero attached hydrogens (tertiary/aromatic N) is 4. The molecule has 0 saturated heterocycles. The number of allylic oxidation sites excluding steroid dienone is 6. The van der Waals surface area contributed by atoms with Gasteiger partial charge in [0.15, 0.2) is 0 Å². The van der Waals surface area contributed by atoms with E-state index >= 15 is 0 Å². The van der Waals surface area contributed by atoms with Gasteiger partial charge in [-0.1, -0.05) is 92.4 Å². The number of fused-ring (bicyclic) bond motifs is 5. The van der Waals surface area contributed by atoms with Gasteiger partial charge < -0.3 is 26.3 Å². The first-order valence-corrected chi connectivity index (χ1v) is 15.0. The van der Waals surface area contributed by atoms with Crippen molar-refractivity contribution in [2.75, 3.05) is 11.9 Å². The fourth-order valence-corrected chi connectivity index (χ4v) is 5.15. The first-order valence-electron chi connectivity index (χ1n) is 15.0. The van der Waals surface area contributed by atoms with Gasteiger partial charge >= 0.3 is 0 Å². The Hall–Kier alpha value is -5.58. The van der Waals surface area contributed by atoms with Gasteiger partial charge in [0.25, 0.3) is 0 Å². The number of benzene rings is 2. The Balaban J connectivity index is 1.50. The smallest absolute Gasteiger partial charge is 0.246 e. The van der Waals surface area contributed by atoms with E-state index in [-0.39, 0.29) is 12.5 Å². The lowest BCUT2D eigenvalue weighted by molar-refractivity contribution is -0.132. The van der Waals surface area contributed by atoms with Crippen LogP contribution in [0.3, 0.4) is 0 Å². The molecule has 2 atom stereocenters. The van der Waals surface area contributed by atoms with Crippen molar-refractivity contribution in [1.82, 2.24) is 30.9 Å². The lowest BCUT2D eigenvalue weighted by atomic mass is 9.96. The number of para-hydroxylation sites is 1. The SMILES string of the molecule is C=C/C=C/C=C\C(=C/C=N)NC(=O)[C@H](C)NC(=O)[C@@H](NC(=O)Cn1nnc2c1-c1ccccc1N(C)Cc1ccccc1-2)C(C)C. The molecule has 2 heterocycles. The fourth-order valence-electron chi connectivity index (χ4n) is 5.15. The standard InChI is InChI=1S/C35H40N8O3/c1-6-7-8-9-15-26(19-20-36)38-34(45)24(4)37-35(46)31(23(2)3)39-30(44)22-43-33-28-17-12-13-18-29(28)42(5)21-25-14-10-11-16-27(25)32(33)40-41-43/h6-20,23-24,31,36H,1,21-22H2,2-5H3,(H,37,46)(H,38,45)(H,39,44)/b8-7+,15-9-,26-19+,36-20?/t24-,31-/m0/s1. The van der Waals surface area contributed by atoms with Gasteiger partial charge in [0.05, 0.1) is 5.69 Å². The normalized spacial score (nSPS) is 14.0. The number of hydrogen-bond acceptors (Lipinski definition) is 7. The molecule has 0 spiro atoms. The van der Waals surface area contributed by atoms with E-state index in [0.29, 0.717) is 23.6 Å². The number of amides is 3. The van der Waals surface area contributed by atoms with Crippen molar-refractivity contribution in [2.45, 2.75) is 45.9 Å². The highest BCUT2D eigenvalue weighted by molar-refractivity contribution is 5.93. The number of hydrogen-bond donors (Lipinski definition) is 4. The fraction of sp³-hybridized carbons (Fsp3) is 0.257. The Bertz CT molecular complexity index is 1700. The molecule has 0 aliphatic carbocycles. The Labute approximate surface area is 269 Å². The molecular formula is C35H40N8O3. The zero-order valence-electron chi connectivity index (χ0n) is 26.5. The molecule has 238 valence electrons. The van der Waals surface area contributed by atoms with Crippen molar-refractivity contribution >= 4 is 29.6 Å². The quantitative estimate of drug-likeness (QED) is 0.177. The van der Waals surface area contributed by atoms with Gasteiger partial charge in [-0.05, 0) is 36.6 Å². The van der Waals surface area contributed by atoms with Gasteiger partial charge in [-0.15, -0.1) is 5.10 Å². The summed E-state index contributed by atoms with van der Waals surface area (Å²) in [6.07, 6.45) is 10.8. The summed E-state index contributed by atoms with van der Waals surface area (Å²) in [7, 11) is 2.03. The van der Waals surface area contributed by atoms with E-state index in [4.69, 9.17) is 5.41 Å². The van der Waals surface area contributed by atoms with Crippen LogP contribution in [0.2, 0.25) is 0 Å². The third-order valence-corrected chi connectivity index (χ3v) is 7.46. The molecule has 2 aromatic carbocycles. The third-order valence-electron chi connectivity index (χ3n) is 7.46. The van der Waals surface area contributed by atoms with Crippen LogP contribution < -0.4 is 20.9 Å². The molecular weight excluding hydrogens is 580 g/mol.